The third kappa shape index (κ3) is 3.80. The Hall–Kier alpha value is -2.05. The second kappa shape index (κ2) is 7.06. The number of sulfonamides is 1. The topological polar surface area (TPSA) is 55.8 Å². The molecule has 1 aliphatic rings. The van der Waals surface area contributed by atoms with E-state index in [-0.39, 0.29) is 17.5 Å². The summed E-state index contributed by atoms with van der Waals surface area (Å²) in [5, 5.41) is 0. The van der Waals surface area contributed by atoms with E-state index in [1.165, 1.54) is 4.31 Å². The van der Waals surface area contributed by atoms with Crippen molar-refractivity contribution in [2.45, 2.75) is 30.8 Å². The first-order valence-electron chi connectivity index (χ1n) is 8.32. The van der Waals surface area contributed by atoms with Crippen molar-refractivity contribution in [3.05, 3.63) is 54.1 Å². The highest BCUT2D eigenvalue weighted by Gasteiger charge is 2.28. The number of ether oxygens (including phenoxy) is 2. The van der Waals surface area contributed by atoms with Crippen LogP contribution in [0, 0.1) is 0 Å². The van der Waals surface area contributed by atoms with E-state index >= 15 is 0 Å². The molecular formula is C19H23NO4S. The molecule has 1 heterocycles. The molecule has 0 amide bonds. The third-order valence-electron chi connectivity index (χ3n) is 4.28. The molecule has 0 aromatic heterocycles. The molecule has 1 atom stereocenters. The van der Waals surface area contributed by atoms with E-state index in [0.717, 1.165) is 5.56 Å². The van der Waals surface area contributed by atoms with Gasteiger partial charge in [-0.1, -0.05) is 38.1 Å². The lowest BCUT2D eigenvalue weighted by atomic mass is 10.0. The summed E-state index contributed by atoms with van der Waals surface area (Å²) in [5.74, 6) is 1.70. The number of benzene rings is 2. The molecule has 0 radical (unpaired) electrons. The molecule has 0 aliphatic carbocycles. The fraction of sp³-hybridized carbons (Fsp3) is 0.368. The van der Waals surface area contributed by atoms with E-state index in [0.29, 0.717) is 24.0 Å². The predicted molar refractivity (Wildman–Crippen MR) is 96.7 cm³/mol. The average molecular weight is 361 g/mol. The fourth-order valence-corrected chi connectivity index (χ4v) is 3.95. The standard InChI is InChI=1S/C19H23NO4S/c1-14(2)15-8-10-17(11-9-15)25(21,22)20(3)12-16-13-23-18-6-4-5-7-19(18)24-16/h4-11,14,16H,12-13H2,1-3H3. The number of likely N-dealkylation sites (N-methyl/N-ethyl adjacent to an activating group) is 1. The predicted octanol–water partition coefficient (Wildman–Crippen LogP) is 3.27. The van der Waals surface area contributed by atoms with Crippen LogP contribution in [-0.2, 0) is 10.0 Å². The summed E-state index contributed by atoms with van der Waals surface area (Å²) < 4.78 is 38.3. The van der Waals surface area contributed by atoms with Gasteiger partial charge >= 0.3 is 0 Å². The molecule has 134 valence electrons. The van der Waals surface area contributed by atoms with Crippen LogP contribution in [0.1, 0.15) is 25.3 Å². The normalized spacial score (nSPS) is 17.1. The average Bonchev–Trinajstić information content (AvgIpc) is 2.61. The van der Waals surface area contributed by atoms with Crippen molar-refractivity contribution in [1.29, 1.82) is 0 Å². The number of nitrogens with zero attached hydrogens (tertiary/aromatic N) is 1. The highest BCUT2D eigenvalue weighted by Crippen LogP contribution is 2.31. The van der Waals surface area contributed by atoms with Gasteiger partial charge in [0.2, 0.25) is 10.0 Å². The Morgan fingerprint density at radius 3 is 2.36 bits per heavy atom. The lowest BCUT2D eigenvalue weighted by molar-refractivity contribution is 0.0798. The van der Waals surface area contributed by atoms with Crippen molar-refractivity contribution in [2.75, 3.05) is 20.2 Å². The third-order valence-corrected chi connectivity index (χ3v) is 6.12. The van der Waals surface area contributed by atoms with Crippen LogP contribution >= 0.6 is 0 Å². The first-order valence-corrected chi connectivity index (χ1v) is 9.76. The molecule has 0 saturated heterocycles. The number of hydrogen-bond acceptors (Lipinski definition) is 4. The highest BCUT2D eigenvalue weighted by molar-refractivity contribution is 7.89. The Kier molecular flexibility index (Phi) is 5.01. The minimum Gasteiger partial charge on any atom is -0.486 e. The van der Waals surface area contributed by atoms with Gasteiger partial charge in [0, 0.05) is 7.05 Å². The maximum atomic E-state index is 12.8. The van der Waals surface area contributed by atoms with Gasteiger partial charge in [-0.2, -0.15) is 4.31 Å². The summed E-state index contributed by atoms with van der Waals surface area (Å²) in [6.07, 6.45) is -0.343. The molecule has 2 aromatic rings. The molecule has 1 unspecified atom stereocenters. The molecule has 0 fully saturated rings. The van der Waals surface area contributed by atoms with Gasteiger partial charge in [0.1, 0.15) is 12.7 Å². The van der Waals surface area contributed by atoms with Crippen LogP contribution in [0.25, 0.3) is 0 Å². The maximum Gasteiger partial charge on any atom is 0.242 e. The second-order valence-electron chi connectivity index (χ2n) is 6.51. The molecule has 3 rings (SSSR count). The van der Waals surface area contributed by atoms with Gasteiger partial charge in [-0.3, -0.25) is 0 Å². The van der Waals surface area contributed by atoms with Crippen LogP contribution in [0.4, 0.5) is 0 Å². The van der Waals surface area contributed by atoms with Crippen molar-refractivity contribution >= 4 is 10.0 Å². The first-order chi connectivity index (χ1) is 11.9. The summed E-state index contributed by atoms with van der Waals surface area (Å²) in [6, 6.07) is 14.4. The van der Waals surface area contributed by atoms with Crippen molar-refractivity contribution in [1.82, 2.24) is 4.31 Å². The first kappa shape index (κ1) is 17.8. The van der Waals surface area contributed by atoms with Gasteiger partial charge in [-0.15, -0.1) is 0 Å². The van der Waals surface area contributed by atoms with Gasteiger partial charge < -0.3 is 9.47 Å². The zero-order valence-electron chi connectivity index (χ0n) is 14.7. The van der Waals surface area contributed by atoms with E-state index in [1.807, 2.05) is 36.4 Å². The summed E-state index contributed by atoms with van der Waals surface area (Å²) in [5.41, 5.74) is 1.11. The summed E-state index contributed by atoms with van der Waals surface area (Å²) in [6.45, 7) is 4.70. The molecule has 0 bridgehead atoms. The number of para-hydroxylation sites is 2. The Bertz CT molecular complexity index is 831. The lowest BCUT2D eigenvalue weighted by Crippen LogP contribution is -2.41. The SMILES string of the molecule is CC(C)c1ccc(S(=O)(=O)N(C)CC2COc3ccccc3O2)cc1. The van der Waals surface area contributed by atoms with E-state index in [2.05, 4.69) is 13.8 Å². The summed E-state index contributed by atoms with van der Waals surface area (Å²) >= 11 is 0. The second-order valence-corrected chi connectivity index (χ2v) is 8.55. The Balaban J connectivity index is 1.71. The van der Waals surface area contributed by atoms with Gasteiger partial charge in [0.15, 0.2) is 11.5 Å². The lowest BCUT2D eigenvalue weighted by Gasteiger charge is -2.29. The Morgan fingerprint density at radius 2 is 1.72 bits per heavy atom. The quantitative estimate of drug-likeness (QED) is 0.820. The van der Waals surface area contributed by atoms with Crippen molar-refractivity contribution in [3.63, 3.8) is 0 Å². The van der Waals surface area contributed by atoms with E-state index < -0.39 is 10.0 Å². The van der Waals surface area contributed by atoms with Gasteiger partial charge in [-0.25, -0.2) is 8.42 Å². The molecule has 0 N–H and O–H groups in total. The van der Waals surface area contributed by atoms with Crippen LogP contribution in [0.2, 0.25) is 0 Å². The van der Waals surface area contributed by atoms with Crippen molar-refractivity contribution in [2.24, 2.45) is 0 Å². The molecule has 1 aliphatic heterocycles. The van der Waals surface area contributed by atoms with E-state index in [4.69, 9.17) is 9.47 Å². The molecule has 5 nitrogen and oxygen atoms in total. The number of rotatable bonds is 5. The van der Waals surface area contributed by atoms with E-state index in [1.54, 1.807) is 19.2 Å². The van der Waals surface area contributed by atoms with Crippen molar-refractivity contribution < 1.29 is 17.9 Å². The largest absolute Gasteiger partial charge is 0.486 e. The smallest absolute Gasteiger partial charge is 0.242 e. The zero-order valence-corrected chi connectivity index (χ0v) is 15.5. The zero-order chi connectivity index (χ0) is 18.0. The van der Waals surface area contributed by atoms with Crippen LogP contribution in [0.15, 0.2) is 53.4 Å². The van der Waals surface area contributed by atoms with Gasteiger partial charge in [-0.05, 0) is 35.7 Å². The van der Waals surface area contributed by atoms with Crippen LogP contribution < -0.4 is 9.47 Å². The van der Waals surface area contributed by atoms with E-state index in [9.17, 15) is 8.42 Å². The number of fused-ring (bicyclic) bond motifs is 1. The molecule has 0 saturated carbocycles. The van der Waals surface area contributed by atoms with Crippen LogP contribution in [0.5, 0.6) is 11.5 Å². The molecular weight excluding hydrogens is 338 g/mol. The minimum absolute atomic E-state index is 0.225. The van der Waals surface area contributed by atoms with Crippen LogP contribution in [-0.4, -0.2) is 39.0 Å². The molecule has 2 aromatic carbocycles. The highest BCUT2D eigenvalue weighted by atomic mass is 32.2. The number of hydrogen-bond donors (Lipinski definition) is 0. The Labute approximate surface area is 149 Å². The fourth-order valence-electron chi connectivity index (χ4n) is 2.74. The molecule has 25 heavy (non-hydrogen) atoms. The Morgan fingerprint density at radius 1 is 1.08 bits per heavy atom. The monoisotopic (exact) mass is 361 g/mol. The summed E-state index contributed by atoms with van der Waals surface area (Å²) in [7, 11) is -2.00. The van der Waals surface area contributed by atoms with Crippen LogP contribution in [0.3, 0.4) is 0 Å². The molecule has 0 spiro atoms. The maximum absolute atomic E-state index is 12.8. The summed E-state index contributed by atoms with van der Waals surface area (Å²) in [4.78, 5) is 0.288. The van der Waals surface area contributed by atoms with Gasteiger partial charge in [0.05, 0.1) is 11.4 Å². The van der Waals surface area contributed by atoms with Gasteiger partial charge in [0.25, 0.3) is 0 Å². The minimum atomic E-state index is -3.56. The van der Waals surface area contributed by atoms with Crippen molar-refractivity contribution in [3.8, 4) is 11.5 Å². The molecule has 6 heteroatoms.